The average molecular weight is 417 g/mol. The van der Waals surface area contributed by atoms with Crippen molar-refractivity contribution in [3.8, 4) is 0 Å². The van der Waals surface area contributed by atoms with Crippen molar-refractivity contribution in [1.29, 1.82) is 0 Å². The third-order valence-corrected chi connectivity index (χ3v) is 7.61. The van der Waals surface area contributed by atoms with E-state index in [4.69, 9.17) is 0 Å². The molecule has 0 aliphatic heterocycles. The summed E-state index contributed by atoms with van der Waals surface area (Å²) in [7, 11) is 0. The fraction of sp³-hybridized carbons (Fsp3) is 0.938. The first kappa shape index (κ1) is 19.7. The van der Waals surface area contributed by atoms with Crippen molar-refractivity contribution < 1.29 is 46.1 Å². The van der Waals surface area contributed by atoms with Crippen molar-refractivity contribution >= 4 is 18.0 Å². The molecule has 154 valence electrons. The molecule has 4 fully saturated rings. The van der Waals surface area contributed by atoms with Gasteiger partial charge in [-0.1, -0.05) is 0 Å². The summed E-state index contributed by atoms with van der Waals surface area (Å²) >= 11 is -1.13. The average Bonchev–Trinajstić information content (AvgIpc) is 3.34. The van der Waals surface area contributed by atoms with Crippen molar-refractivity contribution in [1.82, 2.24) is 0 Å². The number of carbonyl (C=O) groups excluding carboxylic acids is 1. The van der Waals surface area contributed by atoms with Crippen LogP contribution in [-0.4, -0.2) is 23.5 Å². The standard InChI is InChI=1S/C16H19F5O5S/c17-15(18,19)14(16(20,21)27-26-25-23)24-13(22)10-5-8-4-9(10)12-7-2-1-6(3-7)11(8)12/h6-12,14,23H,1-5H2/p-1. The molecule has 5 nitrogen and oxygen atoms in total. The SMILES string of the molecule is O=C(OC(C(F)(F)F)C(F)(F)SOO[O-])C1CC2CC1C1C3CCC(C3)C21. The lowest BCUT2D eigenvalue weighted by Gasteiger charge is -2.38. The van der Waals surface area contributed by atoms with Crippen LogP contribution in [-0.2, 0) is 18.9 Å². The van der Waals surface area contributed by atoms with E-state index < -0.39 is 41.5 Å². The second-order valence-corrected chi connectivity index (χ2v) is 8.98. The van der Waals surface area contributed by atoms with E-state index in [9.17, 15) is 32.0 Å². The first-order chi connectivity index (χ1) is 12.6. The Bertz CT molecular complexity index is 602. The Kier molecular flexibility index (Phi) is 4.88. The maximum Gasteiger partial charge on any atom is 0.432 e. The van der Waals surface area contributed by atoms with Crippen molar-refractivity contribution in [3.63, 3.8) is 0 Å². The number of alkyl halides is 5. The number of carbonyl (C=O) groups is 1. The van der Waals surface area contributed by atoms with Crippen LogP contribution in [0.5, 0.6) is 0 Å². The predicted octanol–water partition coefficient (Wildman–Crippen LogP) is 3.24. The predicted molar refractivity (Wildman–Crippen MR) is 78.2 cm³/mol. The highest BCUT2D eigenvalue weighted by Gasteiger charge is 2.65. The maximum atomic E-state index is 13.8. The van der Waals surface area contributed by atoms with E-state index in [0.717, 1.165) is 19.3 Å². The van der Waals surface area contributed by atoms with E-state index in [1.165, 1.54) is 6.42 Å². The zero-order valence-electron chi connectivity index (χ0n) is 14.0. The highest BCUT2D eigenvalue weighted by atomic mass is 32.2. The van der Waals surface area contributed by atoms with Crippen molar-refractivity contribution in [2.24, 2.45) is 41.4 Å². The molecule has 11 heteroatoms. The number of esters is 1. The molecule has 0 amide bonds. The maximum absolute atomic E-state index is 13.8. The molecule has 0 aromatic rings. The van der Waals surface area contributed by atoms with Crippen LogP contribution in [0.4, 0.5) is 22.0 Å². The summed E-state index contributed by atoms with van der Waals surface area (Å²) in [6, 6.07) is 0. The molecule has 0 N–H and O–H groups in total. The van der Waals surface area contributed by atoms with Crippen LogP contribution in [0.3, 0.4) is 0 Å². The van der Waals surface area contributed by atoms with Crippen LogP contribution in [0.25, 0.3) is 0 Å². The van der Waals surface area contributed by atoms with Gasteiger partial charge in [0.15, 0.2) is 0 Å². The number of hydrogen-bond acceptors (Lipinski definition) is 6. The molecule has 8 atom stereocenters. The van der Waals surface area contributed by atoms with E-state index >= 15 is 0 Å². The highest BCUT2D eigenvalue weighted by molar-refractivity contribution is 7.95. The zero-order valence-corrected chi connectivity index (χ0v) is 14.8. The smallest absolute Gasteiger partial charge is 0.432 e. The van der Waals surface area contributed by atoms with Crippen molar-refractivity contribution in [2.75, 3.05) is 0 Å². The molecule has 27 heavy (non-hydrogen) atoms. The molecule has 0 heterocycles. The molecular formula is C16H18F5O5S-. The van der Waals surface area contributed by atoms with Crippen LogP contribution in [0.1, 0.15) is 32.1 Å². The fourth-order valence-corrected chi connectivity index (χ4v) is 6.86. The lowest BCUT2D eigenvalue weighted by atomic mass is 9.67. The molecule has 0 aromatic carbocycles. The highest BCUT2D eigenvalue weighted by Crippen LogP contribution is 2.69. The minimum absolute atomic E-state index is 0.0841. The van der Waals surface area contributed by atoms with Crippen LogP contribution in [0, 0.1) is 41.4 Å². The lowest BCUT2D eigenvalue weighted by Crippen LogP contribution is -2.48. The summed E-state index contributed by atoms with van der Waals surface area (Å²) in [6.45, 7) is 0. The summed E-state index contributed by atoms with van der Waals surface area (Å²) < 4.78 is 74.4. The summed E-state index contributed by atoms with van der Waals surface area (Å²) in [6.07, 6.45) is -4.72. The normalized spacial score (nSPS) is 41.0. The van der Waals surface area contributed by atoms with Gasteiger partial charge in [0.05, 0.1) is 5.92 Å². The Morgan fingerprint density at radius 2 is 1.67 bits per heavy atom. The van der Waals surface area contributed by atoms with E-state index in [1.807, 2.05) is 0 Å². The Morgan fingerprint density at radius 1 is 1.00 bits per heavy atom. The first-order valence-corrected chi connectivity index (χ1v) is 9.67. The van der Waals surface area contributed by atoms with E-state index in [2.05, 4.69) is 14.1 Å². The monoisotopic (exact) mass is 417 g/mol. The van der Waals surface area contributed by atoms with Gasteiger partial charge in [-0.15, -0.1) is 0 Å². The van der Waals surface area contributed by atoms with Crippen LogP contribution in [0.2, 0.25) is 0 Å². The molecule has 0 radical (unpaired) electrons. The molecule has 0 aromatic heterocycles. The Balaban J connectivity index is 1.46. The summed E-state index contributed by atoms with van der Waals surface area (Å²) in [5.74, 6) is 0.117. The van der Waals surface area contributed by atoms with Gasteiger partial charge in [0.2, 0.25) is 0 Å². The van der Waals surface area contributed by atoms with Gasteiger partial charge in [0.1, 0.15) is 12.0 Å². The number of halogens is 5. The third kappa shape index (κ3) is 3.24. The quantitative estimate of drug-likeness (QED) is 0.165. The van der Waals surface area contributed by atoms with Crippen molar-refractivity contribution in [2.45, 2.75) is 49.6 Å². The van der Waals surface area contributed by atoms with Gasteiger partial charge < -0.3 is 9.99 Å². The zero-order chi connectivity index (χ0) is 19.6. The molecular weight excluding hydrogens is 399 g/mol. The van der Waals surface area contributed by atoms with E-state index in [-0.39, 0.29) is 11.8 Å². The number of fused-ring (bicyclic) bond motifs is 9. The molecule has 0 spiro atoms. The number of hydrogen-bond donors (Lipinski definition) is 0. The largest absolute Gasteiger partial charge is 0.691 e. The number of rotatable bonds is 6. The van der Waals surface area contributed by atoms with Crippen LogP contribution in [0.15, 0.2) is 0 Å². The molecule has 8 unspecified atom stereocenters. The van der Waals surface area contributed by atoms with Gasteiger partial charge in [-0.3, -0.25) is 9.83 Å². The Labute approximate surface area is 156 Å². The molecule has 4 saturated carbocycles. The molecule has 4 aliphatic carbocycles. The van der Waals surface area contributed by atoms with Gasteiger partial charge >= 0.3 is 17.4 Å². The molecule has 4 aliphatic rings. The minimum Gasteiger partial charge on any atom is -0.691 e. The van der Waals surface area contributed by atoms with E-state index in [1.54, 1.807) is 0 Å². The second kappa shape index (κ2) is 6.70. The van der Waals surface area contributed by atoms with Gasteiger partial charge in [-0.2, -0.15) is 26.3 Å². The Morgan fingerprint density at radius 3 is 2.30 bits per heavy atom. The summed E-state index contributed by atoms with van der Waals surface area (Å²) in [4.78, 5) is 12.4. The Hall–Kier alpha value is -0.650. The molecule has 0 saturated heterocycles. The lowest BCUT2D eigenvalue weighted by molar-refractivity contribution is -0.777. The second-order valence-electron chi connectivity index (χ2n) is 8.13. The van der Waals surface area contributed by atoms with Gasteiger partial charge in [0, 0.05) is 0 Å². The fourth-order valence-electron chi connectivity index (χ4n) is 6.47. The first-order valence-electron chi connectivity index (χ1n) is 8.92. The molecule has 4 bridgehead atoms. The van der Waals surface area contributed by atoms with E-state index in [0.29, 0.717) is 30.1 Å². The van der Waals surface area contributed by atoms with Gasteiger partial charge in [-0.25, -0.2) is 0 Å². The number of ether oxygens (including phenoxy) is 1. The summed E-state index contributed by atoms with van der Waals surface area (Å²) in [5.41, 5.74) is 0. The molecule has 4 rings (SSSR count). The van der Waals surface area contributed by atoms with Gasteiger partial charge in [0.25, 0.3) is 6.10 Å². The van der Waals surface area contributed by atoms with Crippen LogP contribution >= 0.6 is 12.0 Å². The third-order valence-electron chi connectivity index (χ3n) is 7.05. The van der Waals surface area contributed by atoms with Crippen molar-refractivity contribution in [3.05, 3.63) is 0 Å². The van der Waals surface area contributed by atoms with Gasteiger partial charge in [-0.05, 0) is 67.6 Å². The summed E-state index contributed by atoms with van der Waals surface area (Å²) in [5, 5.41) is 7.64. The minimum atomic E-state index is -5.52. The van der Waals surface area contributed by atoms with Crippen LogP contribution < -0.4 is 5.26 Å². The topological polar surface area (TPSA) is 67.8 Å².